The van der Waals surface area contributed by atoms with E-state index in [4.69, 9.17) is 16.3 Å². The van der Waals surface area contributed by atoms with Crippen LogP contribution in [0.4, 0.5) is 5.69 Å². The minimum Gasteiger partial charge on any atom is -0.494 e. The Morgan fingerprint density at radius 3 is 2.57 bits per heavy atom. The Hall–Kier alpha value is -2.54. The summed E-state index contributed by atoms with van der Waals surface area (Å²) in [6.07, 6.45) is 0.667. The number of aromatic amines is 2. The Balaban J connectivity index is 1.81. The highest BCUT2D eigenvalue weighted by Crippen LogP contribution is 2.15. The van der Waals surface area contributed by atoms with Gasteiger partial charge in [0.25, 0.3) is 5.56 Å². The zero-order valence-corrected chi connectivity index (χ0v) is 13.2. The first-order valence-corrected chi connectivity index (χ1v) is 7.35. The van der Waals surface area contributed by atoms with Gasteiger partial charge < -0.3 is 15.0 Å². The van der Waals surface area contributed by atoms with Crippen molar-refractivity contribution in [1.82, 2.24) is 9.97 Å². The number of aromatic nitrogens is 2. The van der Waals surface area contributed by atoms with Gasteiger partial charge in [-0.3, -0.25) is 14.6 Å². The van der Waals surface area contributed by atoms with Crippen LogP contribution in [-0.4, -0.2) is 22.5 Å². The van der Waals surface area contributed by atoms with Crippen LogP contribution in [0.25, 0.3) is 0 Å². The molecule has 0 aliphatic rings. The van der Waals surface area contributed by atoms with Crippen molar-refractivity contribution in [3.05, 3.63) is 55.8 Å². The van der Waals surface area contributed by atoms with Crippen LogP contribution >= 0.6 is 11.6 Å². The second kappa shape index (κ2) is 7.64. The summed E-state index contributed by atoms with van der Waals surface area (Å²) in [4.78, 5) is 39.0. The summed E-state index contributed by atoms with van der Waals surface area (Å²) in [5.74, 6) is 0.341. The van der Waals surface area contributed by atoms with E-state index in [-0.39, 0.29) is 18.0 Å². The largest absolute Gasteiger partial charge is 0.494 e. The van der Waals surface area contributed by atoms with Gasteiger partial charge in [0.2, 0.25) is 5.91 Å². The monoisotopic (exact) mass is 337 g/mol. The van der Waals surface area contributed by atoms with Crippen LogP contribution in [-0.2, 0) is 4.79 Å². The van der Waals surface area contributed by atoms with Crippen LogP contribution in [0.3, 0.4) is 0 Å². The van der Waals surface area contributed by atoms with Crippen LogP contribution in [0.2, 0.25) is 5.02 Å². The highest BCUT2D eigenvalue weighted by Gasteiger charge is 2.09. The SMILES string of the molecule is Cc1[nH]c(=O)[nH]c(=O)c1NC(=O)CCCOc1ccc(Cl)cc1. The van der Waals surface area contributed by atoms with E-state index in [0.717, 1.165) is 0 Å². The third-order valence-electron chi connectivity index (χ3n) is 3.03. The lowest BCUT2D eigenvalue weighted by molar-refractivity contribution is -0.116. The molecule has 1 heterocycles. The fourth-order valence-corrected chi connectivity index (χ4v) is 2.03. The smallest absolute Gasteiger partial charge is 0.326 e. The van der Waals surface area contributed by atoms with Crippen molar-refractivity contribution in [2.75, 3.05) is 11.9 Å². The maximum absolute atomic E-state index is 11.8. The quantitative estimate of drug-likeness (QED) is 0.699. The number of ether oxygens (including phenoxy) is 1. The maximum Gasteiger partial charge on any atom is 0.326 e. The Morgan fingerprint density at radius 2 is 1.91 bits per heavy atom. The molecule has 23 heavy (non-hydrogen) atoms. The molecule has 1 amide bonds. The molecule has 0 aliphatic carbocycles. The van der Waals surface area contributed by atoms with E-state index >= 15 is 0 Å². The molecule has 2 rings (SSSR count). The number of carbonyl (C=O) groups excluding carboxylic acids is 1. The van der Waals surface area contributed by atoms with Crippen molar-refractivity contribution in [3.8, 4) is 5.75 Å². The first-order chi connectivity index (χ1) is 11.0. The molecule has 0 saturated carbocycles. The number of benzene rings is 1. The summed E-state index contributed by atoms with van der Waals surface area (Å²) in [7, 11) is 0. The molecule has 8 heteroatoms. The summed E-state index contributed by atoms with van der Waals surface area (Å²) >= 11 is 5.77. The van der Waals surface area contributed by atoms with Gasteiger partial charge in [0.1, 0.15) is 11.4 Å². The van der Waals surface area contributed by atoms with E-state index in [1.807, 2.05) is 0 Å². The minimum absolute atomic E-state index is 0.0493. The molecule has 0 bridgehead atoms. The van der Waals surface area contributed by atoms with Gasteiger partial charge in [-0.15, -0.1) is 0 Å². The Kier molecular flexibility index (Phi) is 5.59. The summed E-state index contributed by atoms with van der Waals surface area (Å²) in [6.45, 7) is 1.89. The average molecular weight is 338 g/mol. The van der Waals surface area contributed by atoms with Crippen LogP contribution in [0, 0.1) is 6.92 Å². The molecule has 7 nitrogen and oxygen atoms in total. The lowest BCUT2D eigenvalue weighted by Crippen LogP contribution is -2.28. The lowest BCUT2D eigenvalue weighted by atomic mass is 10.3. The molecule has 1 aromatic heterocycles. The molecular weight excluding hydrogens is 322 g/mol. The molecule has 0 aliphatic heterocycles. The first kappa shape index (κ1) is 16.8. The standard InChI is InChI=1S/C15H16ClN3O4/c1-9-13(14(21)19-15(22)17-9)18-12(20)3-2-8-23-11-6-4-10(16)5-7-11/h4-7H,2-3,8H2,1H3,(H,18,20)(H2,17,19,21,22). The maximum atomic E-state index is 11.8. The van der Waals surface area contributed by atoms with Gasteiger partial charge in [-0.05, 0) is 37.6 Å². The van der Waals surface area contributed by atoms with E-state index in [9.17, 15) is 14.4 Å². The van der Waals surface area contributed by atoms with Gasteiger partial charge in [0, 0.05) is 17.1 Å². The van der Waals surface area contributed by atoms with Crippen molar-refractivity contribution in [3.63, 3.8) is 0 Å². The van der Waals surface area contributed by atoms with Crippen molar-refractivity contribution < 1.29 is 9.53 Å². The van der Waals surface area contributed by atoms with E-state index in [1.165, 1.54) is 6.92 Å². The molecule has 0 spiro atoms. The molecule has 0 atom stereocenters. The number of carbonyl (C=O) groups is 1. The van der Waals surface area contributed by atoms with E-state index in [1.54, 1.807) is 24.3 Å². The van der Waals surface area contributed by atoms with Gasteiger partial charge in [-0.25, -0.2) is 4.79 Å². The number of halogens is 1. The summed E-state index contributed by atoms with van der Waals surface area (Å²) in [5, 5.41) is 3.11. The predicted octanol–water partition coefficient (Wildman–Crippen LogP) is 1.82. The normalized spacial score (nSPS) is 10.3. The second-order valence-corrected chi connectivity index (χ2v) is 5.30. The zero-order chi connectivity index (χ0) is 16.8. The van der Waals surface area contributed by atoms with Crippen molar-refractivity contribution >= 4 is 23.2 Å². The van der Waals surface area contributed by atoms with Crippen molar-refractivity contribution in [2.24, 2.45) is 0 Å². The second-order valence-electron chi connectivity index (χ2n) is 4.86. The number of amides is 1. The third-order valence-corrected chi connectivity index (χ3v) is 3.28. The van der Waals surface area contributed by atoms with E-state index in [0.29, 0.717) is 29.5 Å². The van der Waals surface area contributed by atoms with Gasteiger partial charge in [0.15, 0.2) is 0 Å². The lowest BCUT2D eigenvalue weighted by Gasteiger charge is -2.08. The zero-order valence-electron chi connectivity index (χ0n) is 12.4. The van der Waals surface area contributed by atoms with E-state index < -0.39 is 11.2 Å². The number of nitrogens with one attached hydrogen (secondary N) is 3. The van der Waals surface area contributed by atoms with Crippen LogP contribution in [0.1, 0.15) is 18.5 Å². The predicted molar refractivity (Wildman–Crippen MR) is 87.2 cm³/mol. The molecule has 0 saturated heterocycles. The number of hydrogen-bond donors (Lipinski definition) is 3. The fraction of sp³-hybridized carbons (Fsp3) is 0.267. The topological polar surface area (TPSA) is 104 Å². The Morgan fingerprint density at radius 1 is 1.22 bits per heavy atom. The van der Waals surface area contributed by atoms with Gasteiger partial charge in [-0.2, -0.15) is 0 Å². The molecule has 122 valence electrons. The molecule has 0 fully saturated rings. The molecule has 1 aromatic carbocycles. The molecular formula is C15H16ClN3O4. The fourth-order valence-electron chi connectivity index (χ4n) is 1.91. The molecule has 0 radical (unpaired) electrons. The number of anilines is 1. The molecule has 2 aromatic rings. The van der Waals surface area contributed by atoms with E-state index in [2.05, 4.69) is 15.3 Å². The van der Waals surface area contributed by atoms with Crippen LogP contribution in [0.5, 0.6) is 5.75 Å². The summed E-state index contributed by atoms with van der Waals surface area (Å²) in [6, 6.07) is 6.92. The Labute approximate surface area is 136 Å². The summed E-state index contributed by atoms with van der Waals surface area (Å²) in [5.41, 5.74) is -0.878. The minimum atomic E-state index is -0.628. The third kappa shape index (κ3) is 5.00. The summed E-state index contributed by atoms with van der Waals surface area (Å²) < 4.78 is 5.47. The number of H-pyrrole nitrogens is 2. The number of hydrogen-bond acceptors (Lipinski definition) is 4. The molecule has 3 N–H and O–H groups in total. The molecule has 0 unspecified atom stereocenters. The van der Waals surface area contributed by atoms with Crippen molar-refractivity contribution in [1.29, 1.82) is 0 Å². The highest BCUT2D eigenvalue weighted by atomic mass is 35.5. The highest BCUT2D eigenvalue weighted by molar-refractivity contribution is 6.30. The van der Waals surface area contributed by atoms with Gasteiger partial charge >= 0.3 is 5.69 Å². The average Bonchev–Trinajstić information content (AvgIpc) is 2.49. The van der Waals surface area contributed by atoms with Gasteiger partial charge in [-0.1, -0.05) is 11.6 Å². The van der Waals surface area contributed by atoms with Gasteiger partial charge in [0.05, 0.1) is 6.61 Å². The van der Waals surface area contributed by atoms with Crippen molar-refractivity contribution in [2.45, 2.75) is 19.8 Å². The first-order valence-electron chi connectivity index (χ1n) is 6.97. The Bertz CT molecular complexity index is 796. The number of rotatable bonds is 6. The number of aryl methyl sites for hydroxylation is 1. The van der Waals surface area contributed by atoms with Crippen LogP contribution in [0.15, 0.2) is 33.9 Å². The van der Waals surface area contributed by atoms with Crippen LogP contribution < -0.4 is 21.3 Å².